The van der Waals surface area contributed by atoms with Gasteiger partial charge in [-0.3, -0.25) is 14.4 Å². The molecule has 3 N–H and O–H groups in total. The maximum absolute atomic E-state index is 12.5. The number of nitrogens with one attached hydrogen (secondary N) is 3. The van der Waals surface area contributed by atoms with E-state index in [9.17, 15) is 14.4 Å². The fourth-order valence-corrected chi connectivity index (χ4v) is 3.62. The molecule has 2 amide bonds. The van der Waals surface area contributed by atoms with Crippen molar-refractivity contribution in [3.8, 4) is 0 Å². The maximum Gasteiger partial charge on any atom is 0.328 e. The molecule has 0 saturated carbocycles. The van der Waals surface area contributed by atoms with Gasteiger partial charge in [-0.25, -0.2) is 5.43 Å². The minimum atomic E-state index is -1.01. The molecule has 0 radical (unpaired) electrons. The number of hydrogen-bond acceptors (Lipinski definition) is 4. The summed E-state index contributed by atoms with van der Waals surface area (Å²) in [6, 6.07) is 10.4. The zero-order chi connectivity index (χ0) is 19.7. The van der Waals surface area contributed by atoms with Gasteiger partial charge in [-0.15, -0.1) is 0 Å². The monoisotopic (exact) mass is 446 g/mol. The van der Waals surface area contributed by atoms with Crippen LogP contribution in [-0.4, -0.2) is 21.5 Å². The molecule has 1 aromatic heterocycles. The third kappa shape index (κ3) is 3.83. The number of fused-ring (bicyclic) bond motifs is 1. The smallest absolute Gasteiger partial charge is 0.328 e. The normalized spacial score (nSPS) is 10.6. The average Bonchev–Trinajstić information content (AvgIpc) is 2.61. The zero-order valence-corrected chi connectivity index (χ0v) is 16.8. The van der Waals surface area contributed by atoms with Gasteiger partial charge >= 0.3 is 11.8 Å². The van der Waals surface area contributed by atoms with Gasteiger partial charge in [0.25, 0.3) is 5.56 Å². The van der Waals surface area contributed by atoms with Crippen LogP contribution in [0.5, 0.6) is 0 Å². The van der Waals surface area contributed by atoms with Gasteiger partial charge in [0.05, 0.1) is 10.9 Å². The van der Waals surface area contributed by atoms with Crippen molar-refractivity contribution < 1.29 is 9.59 Å². The van der Waals surface area contributed by atoms with Crippen LogP contribution in [0.2, 0.25) is 0 Å². The second-order valence-corrected chi connectivity index (χ2v) is 7.23. The number of hydrogen-bond donors (Lipinski definition) is 3. The van der Waals surface area contributed by atoms with E-state index in [4.69, 9.17) is 12.2 Å². The summed E-state index contributed by atoms with van der Waals surface area (Å²) < 4.78 is 1.70. The lowest BCUT2D eigenvalue weighted by molar-refractivity contribution is -0.133. The molecule has 7 nitrogen and oxygen atoms in total. The van der Waals surface area contributed by atoms with Gasteiger partial charge in [0.1, 0.15) is 0 Å². The van der Waals surface area contributed by atoms with Gasteiger partial charge in [0, 0.05) is 10.2 Å². The Morgan fingerprint density at radius 3 is 2.41 bits per heavy atom. The lowest BCUT2D eigenvalue weighted by Crippen LogP contribution is -2.40. The van der Waals surface area contributed by atoms with Crippen molar-refractivity contribution in [1.29, 1.82) is 0 Å². The highest BCUT2D eigenvalue weighted by Gasteiger charge is 2.18. The summed E-state index contributed by atoms with van der Waals surface area (Å²) in [7, 11) is 0. The molecule has 0 atom stereocenters. The van der Waals surface area contributed by atoms with E-state index < -0.39 is 17.4 Å². The molecule has 0 fully saturated rings. The Morgan fingerprint density at radius 2 is 1.74 bits per heavy atom. The summed E-state index contributed by atoms with van der Waals surface area (Å²) in [5.74, 6) is -1.91. The molecule has 27 heavy (non-hydrogen) atoms. The average molecular weight is 447 g/mol. The number of para-hydroxylation sites is 1. The number of rotatable bonds is 2. The molecular weight excluding hydrogens is 432 g/mol. The van der Waals surface area contributed by atoms with E-state index in [1.165, 1.54) is 0 Å². The number of carbonyl (C=O) groups is 2. The number of aromatic amines is 1. The lowest BCUT2D eigenvalue weighted by atomic mass is 10.1. The molecule has 3 aromatic rings. The first-order valence-corrected chi connectivity index (χ1v) is 9.11. The molecule has 0 saturated heterocycles. The molecule has 9 heteroatoms. The topological polar surface area (TPSA) is 96.0 Å². The van der Waals surface area contributed by atoms with Crippen molar-refractivity contribution in [2.75, 3.05) is 10.7 Å². The number of nitrogens with zero attached hydrogens (tertiary/aromatic N) is 1. The highest BCUT2D eigenvalue weighted by molar-refractivity contribution is 9.10. The van der Waals surface area contributed by atoms with E-state index in [-0.39, 0.29) is 4.77 Å². The van der Waals surface area contributed by atoms with E-state index in [0.29, 0.717) is 16.6 Å². The summed E-state index contributed by atoms with van der Waals surface area (Å²) in [4.78, 5) is 40.0. The number of H-pyrrole nitrogens is 1. The first-order chi connectivity index (χ1) is 12.8. The molecule has 138 valence electrons. The second-order valence-electron chi connectivity index (χ2n) is 5.93. The van der Waals surface area contributed by atoms with Gasteiger partial charge < -0.3 is 10.3 Å². The molecule has 1 heterocycles. The predicted octanol–water partition coefficient (Wildman–Crippen LogP) is 3.15. The van der Waals surface area contributed by atoms with E-state index in [1.54, 1.807) is 24.3 Å². The van der Waals surface area contributed by atoms with E-state index in [2.05, 4.69) is 31.7 Å². The van der Waals surface area contributed by atoms with Gasteiger partial charge in [-0.05, 0) is 61.5 Å². The number of carbonyl (C=O) groups excluding carboxylic acids is 2. The molecular formula is C18H15BrN4O3S. The summed E-state index contributed by atoms with van der Waals surface area (Å²) in [6.45, 7) is 3.63. The zero-order valence-electron chi connectivity index (χ0n) is 14.4. The van der Waals surface area contributed by atoms with Crippen molar-refractivity contribution in [2.24, 2.45) is 0 Å². The molecule has 3 rings (SSSR count). The summed E-state index contributed by atoms with van der Waals surface area (Å²) in [5.41, 5.74) is 4.40. The Bertz CT molecular complexity index is 1180. The first-order valence-electron chi connectivity index (χ1n) is 7.91. The number of halogens is 1. The van der Waals surface area contributed by atoms with Crippen molar-refractivity contribution >= 4 is 56.6 Å². The molecule has 0 unspecified atom stereocenters. The van der Waals surface area contributed by atoms with Crippen LogP contribution in [0.25, 0.3) is 10.9 Å². The van der Waals surface area contributed by atoms with E-state index in [1.807, 2.05) is 26.0 Å². The van der Waals surface area contributed by atoms with Gasteiger partial charge in [0.15, 0.2) is 4.77 Å². The lowest BCUT2D eigenvalue weighted by Gasteiger charge is -2.13. The van der Waals surface area contributed by atoms with Crippen LogP contribution >= 0.6 is 28.1 Å². The minimum Gasteiger partial charge on any atom is -0.330 e. The van der Waals surface area contributed by atoms with E-state index >= 15 is 0 Å². The Labute approximate surface area is 167 Å². The quantitative estimate of drug-likeness (QED) is 0.416. The maximum atomic E-state index is 12.5. The predicted molar refractivity (Wildman–Crippen MR) is 110 cm³/mol. The first kappa shape index (κ1) is 19.0. The Hall–Kier alpha value is -2.78. The van der Waals surface area contributed by atoms with Gasteiger partial charge in [-0.2, -0.15) is 4.68 Å². The molecule has 0 spiro atoms. The number of amides is 2. The van der Waals surface area contributed by atoms with Gasteiger partial charge in [0.2, 0.25) is 0 Å². The summed E-state index contributed by atoms with van der Waals surface area (Å²) >= 11 is 8.49. The SMILES string of the molecule is Cc1cc(Br)cc(C)c1NC(=O)C(=O)Nn1c(=S)[nH]c2ccccc2c1=O. The van der Waals surface area contributed by atoms with Crippen molar-refractivity contribution in [3.05, 3.63) is 67.1 Å². The van der Waals surface area contributed by atoms with Crippen molar-refractivity contribution in [1.82, 2.24) is 9.66 Å². The van der Waals surface area contributed by atoms with Crippen LogP contribution in [0.15, 0.2) is 45.7 Å². The minimum absolute atomic E-state index is 0.0177. The van der Waals surface area contributed by atoms with Crippen LogP contribution in [-0.2, 0) is 9.59 Å². The summed E-state index contributed by atoms with van der Waals surface area (Å²) in [6.07, 6.45) is 0. The summed E-state index contributed by atoms with van der Waals surface area (Å²) in [5, 5.41) is 2.91. The highest BCUT2D eigenvalue weighted by Crippen LogP contribution is 2.25. The molecule has 2 aromatic carbocycles. The van der Waals surface area contributed by atoms with Crippen molar-refractivity contribution in [2.45, 2.75) is 13.8 Å². The fourth-order valence-electron chi connectivity index (χ4n) is 2.69. The van der Waals surface area contributed by atoms with Crippen LogP contribution in [0, 0.1) is 18.6 Å². The molecule has 0 bridgehead atoms. The number of aromatic nitrogens is 2. The van der Waals surface area contributed by atoms with Crippen LogP contribution in [0.4, 0.5) is 5.69 Å². The highest BCUT2D eigenvalue weighted by atomic mass is 79.9. The molecule has 0 aliphatic rings. The molecule has 0 aliphatic carbocycles. The fraction of sp³-hybridized carbons (Fsp3) is 0.111. The van der Waals surface area contributed by atoms with Crippen molar-refractivity contribution in [3.63, 3.8) is 0 Å². The third-order valence-electron chi connectivity index (χ3n) is 3.96. The Balaban J connectivity index is 1.88. The van der Waals surface area contributed by atoms with Crippen LogP contribution in [0.3, 0.4) is 0 Å². The second kappa shape index (κ2) is 7.45. The Morgan fingerprint density at radius 1 is 1.11 bits per heavy atom. The third-order valence-corrected chi connectivity index (χ3v) is 4.70. The molecule has 0 aliphatic heterocycles. The number of anilines is 1. The largest absolute Gasteiger partial charge is 0.330 e. The Kier molecular flexibility index (Phi) is 5.24. The van der Waals surface area contributed by atoms with Crippen LogP contribution < -0.4 is 16.3 Å². The number of benzene rings is 2. The van der Waals surface area contributed by atoms with Gasteiger partial charge in [-0.1, -0.05) is 28.1 Å². The number of aryl methyl sites for hydroxylation is 2. The van der Waals surface area contributed by atoms with E-state index in [0.717, 1.165) is 20.3 Å². The standard InChI is InChI=1S/C18H15BrN4O3S/c1-9-7-11(19)8-10(2)14(9)21-15(24)16(25)22-23-17(26)12-5-3-4-6-13(12)20-18(23)27/h3-8H,1-2H3,(H,20,27)(H,21,24)(H,22,25). The van der Waals surface area contributed by atoms with Crippen LogP contribution in [0.1, 0.15) is 11.1 Å².